The van der Waals surface area contributed by atoms with Gasteiger partial charge in [0.25, 0.3) is 5.89 Å². The first kappa shape index (κ1) is 17.6. The molecule has 118 valence electrons. The van der Waals surface area contributed by atoms with E-state index in [1.165, 1.54) is 0 Å². The molecule has 5 nitrogen and oxygen atoms in total. The van der Waals surface area contributed by atoms with Gasteiger partial charge in [0.05, 0.1) is 8.66 Å². The van der Waals surface area contributed by atoms with Crippen LogP contribution in [0.15, 0.2) is 25.8 Å². The lowest BCUT2D eigenvalue weighted by Crippen LogP contribution is -2.24. The Balaban J connectivity index is 0.00000176. The van der Waals surface area contributed by atoms with Crippen LogP contribution in [0.25, 0.3) is 21.5 Å². The SMILES string of the molecule is CNC(C)Cc1noc(-c2csc(-c3ccc(Br)s3)n2)n1.Cl. The van der Waals surface area contributed by atoms with Gasteiger partial charge in [-0.25, -0.2) is 4.98 Å². The lowest BCUT2D eigenvalue weighted by atomic mass is 10.2. The molecule has 0 aliphatic rings. The van der Waals surface area contributed by atoms with Gasteiger partial charge in [-0.1, -0.05) is 5.16 Å². The van der Waals surface area contributed by atoms with Crippen LogP contribution in [-0.2, 0) is 6.42 Å². The van der Waals surface area contributed by atoms with E-state index in [9.17, 15) is 0 Å². The van der Waals surface area contributed by atoms with Crippen LogP contribution in [-0.4, -0.2) is 28.2 Å². The number of nitrogens with zero attached hydrogens (tertiary/aromatic N) is 3. The van der Waals surface area contributed by atoms with Crippen LogP contribution in [0.2, 0.25) is 0 Å². The molecule has 0 bridgehead atoms. The third-order valence-corrected chi connectivity index (χ3v) is 5.59. The summed E-state index contributed by atoms with van der Waals surface area (Å²) in [6, 6.07) is 4.38. The minimum absolute atomic E-state index is 0. The number of thiophene rings is 1. The fraction of sp³-hybridized carbons (Fsp3) is 0.308. The van der Waals surface area contributed by atoms with E-state index in [-0.39, 0.29) is 12.4 Å². The Hall–Kier alpha value is -0.800. The predicted molar refractivity (Wildman–Crippen MR) is 95.9 cm³/mol. The normalized spacial score (nSPS) is 12.1. The van der Waals surface area contributed by atoms with E-state index in [0.29, 0.717) is 17.8 Å². The van der Waals surface area contributed by atoms with Crippen molar-refractivity contribution >= 4 is 51.0 Å². The van der Waals surface area contributed by atoms with Gasteiger partial charge in [-0.15, -0.1) is 35.1 Å². The highest BCUT2D eigenvalue weighted by Crippen LogP contribution is 2.34. The van der Waals surface area contributed by atoms with E-state index in [4.69, 9.17) is 4.52 Å². The van der Waals surface area contributed by atoms with Gasteiger partial charge in [0.1, 0.15) is 10.7 Å². The summed E-state index contributed by atoms with van der Waals surface area (Å²) in [7, 11) is 1.91. The molecule has 1 N–H and O–H groups in total. The Morgan fingerprint density at radius 2 is 2.18 bits per heavy atom. The lowest BCUT2D eigenvalue weighted by Gasteiger charge is -2.04. The number of thiazole rings is 1. The molecule has 1 unspecified atom stereocenters. The summed E-state index contributed by atoms with van der Waals surface area (Å²) in [6.07, 6.45) is 0.731. The summed E-state index contributed by atoms with van der Waals surface area (Å²) in [4.78, 5) is 10.1. The molecule has 3 aromatic heterocycles. The molecule has 0 aliphatic carbocycles. The standard InChI is InChI=1S/C13H13BrN4OS2.ClH/c1-7(15-2)5-11-17-12(19-18-11)8-6-20-13(16-8)9-3-4-10(14)21-9;/h3-4,6-7,15H,5H2,1-2H3;1H. The van der Waals surface area contributed by atoms with Crippen LogP contribution in [0, 0.1) is 0 Å². The molecule has 0 aromatic carbocycles. The number of hydrogen-bond acceptors (Lipinski definition) is 7. The number of aromatic nitrogens is 3. The first-order valence-corrected chi connectivity index (χ1v) is 8.86. The maximum absolute atomic E-state index is 5.30. The van der Waals surface area contributed by atoms with Crippen LogP contribution >= 0.6 is 51.0 Å². The molecule has 3 rings (SSSR count). The molecule has 9 heteroatoms. The van der Waals surface area contributed by atoms with Crippen molar-refractivity contribution in [1.29, 1.82) is 0 Å². The van der Waals surface area contributed by atoms with E-state index in [2.05, 4.69) is 43.3 Å². The predicted octanol–water partition coefficient (Wildman–Crippen LogP) is 4.26. The second kappa shape index (κ2) is 7.65. The van der Waals surface area contributed by atoms with Gasteiger partial charge in [-0.3, -0.25) is 0 Å². The zero-order valence-corrected chi connectivity index (χ0v) is 15.9. The molecule has 0 saturated carbocycles. The molecule has 0 radical (unpaired) electrons. The van der Waals surface area contributed by atoms with Crippen molar-refractivity contribution in [2.45, 2.75) is 19.4 Å². The minimum Gasteiger partial charge on any atom is -0.332 e. The molecule has 0 saturated heterocycles. The van der Waals surface area contributed by atoms with Gasteiger partial charge in [-0.2, -0.15) is 4.98 Å². The summed E-state index contributed by atoms with van der Waals surface area (Å²) in [6.45, 7) is 2.08. The average molecular weight is 422 g/mol. The van der Waals surface area contributed by atoms with E-state index in [0.717, 1.165) is 25.8 Å². The van der Waals surface area contributed by atoms with Crippen LogP contribution in [0.4, 0.5) is 0 Å². The molecule has 22 heavy (non-hydrogen) atoms. The van der Waals surface area contributed by atoms with E-state index in [1.807, 2.05) is 24.6 Å². The van der Waals surface area contributed by atoms with Crippen LogP contribution in [0.1, 0.15) is 12.7 Å². The second-order valence-electron chi connectivity index (χ2n) is 4.55. The molecule has 0 aliphatic heterocycles. The molecule has 0 amide bonds. The summed E-state index contributed by atoms with van der Waals surface area (Å²) >= 11 is 6.70. The van der Waals surface area contributed by atoms with E-state index < -0.39 is 0 Å². The van der Waals surface area contributed by atoms with Crippen molar-refractivity contribution in [2.24, 2.45) is 0 Å². The summed E-state index contributed by atoms with van der Waals surface area (Å²) in [5.74, 6) is 1.17. The highest BCUT2D eigenvalue weighted by atomic mass is 79.9. The summed E-state index contributed by atoms with van der Waals surface area (Å²) in [5.41, 5.74) is 0.732. The monoisotopic (exact) mass is 420 g/mol. The van der Waals surface area contributed by atoms with Crippen LogP contribution in [0.3, 0.4) is 0 Å². The number of halogens is 2. The highest BCUT2D eigenvalue weighted by molar-refractivity contribution is 9.11. The fourth-order valence-corrected chi connectivity index (χ4v) is 3.98. The van der Waals surface area contributed by atoms with E-state index in [1.54, 1.807) is 22.7 Å². The van der Waals surface area contributed by atoms with Gasteiger partial charge in [0.15, 0.2) is 5.82 Å². The fourth-order valence-electron chi connectivity index (χ4n) is 1.73. The van der Waals surface area contributed by atoms with Crippen LogP contribution in [0.5, 0.6) is 0 Å². The average Bonchev–Trinajstić information content (AvgIpc) is 3.17. The van der Waals surface area contributed by atoms with Gasteiger partial charge >= 0.3 is 0 Å². The van der Waals surface area contributed by atoms with Crippen molar-refractivity contribution in [2.75, 3.05) is 7.05 Å². The lowest BCUT2D eigenvalue weighted by molar-refractivity contribution is 0.417. The van der Waals surface area contributed by atoms with Crippen molar-refractivity contribution in [3.8, 4) is 21.5 Å². The molecule has 0 spiro atoms. The Kier molecular flexibility index (Phi) is 6.10. The maximum Gasteiger partial charge on any atom is 0.277 e. The zero-order chi connectivity index (χ0) is 14.8. The quantitative estimate of drug-likeness (QED) is 0.667. The molecular formula is C13H14BrClN4OS2. The zero-order valence-electron chi connectivity index (χ0n) is 11.9. The maximum atomic E-state index is 5.30. The van der Waals surface area contributed by atoms with Crippen molar-refractivity contribution in [1.82, 2.24) is 20.4 Å². The largest absolute Gasteiger partial charge is 0.332 e. The molecule has 1 atom stereocenters. The highest BCUT2D eigenvalue weighted by Gasteiger charge is 2.15. The van der Waals surface area contributed by atoms with Crippen LogP contribution < -0.4 is 5.32 Å². The Morgan fingerprint density at radius 3 is 2.86 bits per heavy atom. The number of rotatable bonds is 5. The van der Waals surface area contributed by atoms with Crippen molar-refractivity contribution < 1.29 is 4.52 Å². The second-order valence-corrected chi connectivity index (χ2v) is 7.87. The smallest absolute Gasteiger partial charge is 0.277 e. The van der Waals surface area contributed by atoms with Gasteiger partial charge in [-0.05, 0) is 42.0 Å². The number of likely N-dealkylation sites (N-methyl/N-ethyl adjacent to an activating group) is 1. The molecule has 0 fully saturated rings. The van der Waals surface area contributed by atoms with Gasteiger partial charge in [0.2, 0.25) is 0 Å². The molecular weight excluding hydrogens is 408 g/mol. The number of hydrogen-bond donors (Lipinski definition) is 1. The Morgan fingerprint density at radius 1 is 1.36 bits per heavy atom. The third kappa shape index (κ3) is 3.94. The minimum atomic E-state index is 0. The van der Waals surface area contributed by atoms with Crippen molar-refractivity contribution in [3.05, 3.63) is 27.1 Å². The van der Waals surface area contributed by atoms with Gasteiger partial charge in [0, 0.05) is 17.8 Å². The van der Waals surface area contributed by atoms with E-state index >= 15 is 0 Å². The molecule has 3 heterocycles. The Bertz CT molecular complexity index is 742. The Labute approximate surface area is 150 Å². The first-order valence-electron chi connectivity index (χ1n) is 6.37. The third-order valence-electron chi connectivity index (χ3n) is 2.96. The summed E-state index contributed by atoms with van der Waals surface area (Å²) in [5, 5.41) is 10.1. The summed E-state index contributed by atoms with van der Waals surface area (Å²) < 4.78 is 6.39. The topological polar surface area (TPSA) is 63.8 Å². The molecule has 3 aromatic rings. The van der Waals surface area contributed by atoms with Crippen molar-refractivity contribution in [3.63, 3.8) is 0 Å². The first-order chi connectivity index (χ1) is 10.2. The van der Waals surface area contributed by atoms with Gasteiger partial charge < -0.3 is 9.84 Å². The number of nitrogens with one attached hydrogen (secondary N) is 1.